The maximum atomic E-state index is 11.1. The van der Waals surface area contributed by atoms with E-state index in [-0.39, 0.29) is 5.97 Å². The molecule has 0 unspecified atom stereocenters. The van der Waals surface area contributed by atoms with Gasteiger partial charge < -0.3 is 15.3 Å². The van der Waals surface area contributed by atoms with Crippen LogP contribution in [0.2, 0.25) is 0 Å². The predicted octanol–water partition coefficient (Wildman–Crippen LogP) is 1.70. The molecule has 18 heavy (non-hydrogen) atoms. The van der Waals surface area contributed by atoms with Gasteiger partial charge in [-0.1, -0.05) is 12.1 Å². The molecule has 2 N–H and O–H groups in total. The van der Waals surface area contributed by atoms with Gasteiger partial charge in [-0.25, -0.2) is 0 Å². The zero-order valence-electron chi connectivity index (χ0n) is 10.5. The van der Waals surface area contributed by atoms with Gasteiger partial charge in [-0.3, -0.25) is 4.79 Å². The van der Waals surface area contributed by atoms with Crippen LogP contribution in [0.4, 0.5) is 0 Å². The molecule has 0 heterocycles. The van der Waals surface area contributed by atoms with Crippen LogP contribution in [0.5, 0.6) is 5.75 Å². The Balaban J connectivity index is 2.31. The van der Waals surface area contributed by atoms with Crippen molar-refractivity contribution in [1.82, 2.24) is 0 Å². The minimum Gasteiger partial charge on any atom is -0.494 e. The lowest BCUT2D eigenvalue weighted by atomic mass is 10.2. The van der Waals surface area contributed by atoms with Crippen LogP contribution < -0.4 is 10.6 Å². The summed E-state index contributed by atoms with van der Waals surface area (Å²) in [6.07, 6.45) is 2.55. The molecule has 0 aliphatic rings. The zero-order valence-corrected chi connectivity index (χ0v) is 10.5. The van der Waals surface area contributed by atoms with E-state index in [2.05, 4.69) is 5.10 Å². The number of nitrogens with zero attached hydrogens (tertiary/aromatic N) is 1. The van der Waals surface area contributed by atoms with Crippen LogP contribution in [-0.4, -0.2) is 25.4 Å². The van der Waals surface area contributed by atoms with Crippen molar-refractivity contribution in [3.63, 3.8) is 0 Å². The van der Waals surface area contributed by atoms with E-state index in [1.807, 2.05) is 24.3 Å². The molecule has 0 spiro atoms. The molecular weight excluding hydrogens is 232 g/mol. The second-order valence-electron chi connectivity index (χ2n) is 3.61. The van der Waals surface area contributed by atoms with E-state index in [1.54, 1.807) is 13.1 Å². The monoisotopic (exact) mass is 250 g/mol. The van der Waals surface area contributed by atoms with E-state index >= 15 is 0 Å². The van der Waals surface area contributed by atoms with E-state index in [1.165, 1.54) is 0 Å². The Hall–Kier alpha value is -2.04. The van der Waals surface area contributed by atoms with Gasteiger partial charge in [0.1, 0.15) is 5.75 Å². The summed E-state index contributed by atoms with van der Waals surface area (Å²) in [7, 11) is 0. The predicted molar refractivity (Wildman–Crippen MR) is 69.6 cm³/mol. The molecule has 98 valence electrons. The SMILES string of the molecule is CCOC(=O)CCCOc1cccc(C=NN)c1. The highest BCUT2D eigenvalue weighted by molar-refractivity contribution is 5.79. The van der Waals surface area contributed by atoms with Gasteiger partial charge in [0.25, 0.3) is 0 Å². The fraction of sp³-hybridized carbons (Fsp3) is 0.385. The lowest BCUT2D eigenvalue weighted by molar-refractivity contribution is -0.143. The number of rotatable bonds is 7. The Morgan fingerprint density at radius 2 is 2.33 bits per heavy atom. The molecule has 0 bridgehead atoms. The van der Waals surface area contributed by atoms with Crippen LogP contribution in [0.25, 0.3) is 0 Å². The van der Waals surface area contributed by atoms with Gasteiger partial charge in [0.15, 0.2) is 0 Å². The first kappa shape index (κ1) is 14.0. The van der Waals surface area contributed by atoms with Crippen molar-refractivity contribution in [2.45, 2.75) is 19.8 Å². The first-order valence-corrected chi connectivity index (χ1v) is 5.88. The van der Waals surface area contributed by atoms with Crippen LogP contribution in [0, 0.1) is 0 Å². The van der Waals surface area contributed by atoms with E-state index in [4.69, 9.17) is 15.3 Å². The molecule has 0 radical (unpaired) electrons. The summed E-state index contributed by atoms with van der Waals surface area (Å²) in [5.41, 5.74) is 0.875. The van der Waals surface area contributed by atoms with Crippen molar-refractivity contribution < 1.29 is 14.3 Å². The molecule has 5 nitrogen and oxygen atoms in total. The van der Waals surface area contributed by atoms with Gasteiger partial charge >= 0.3 is 5.97 Å². The zero-order chi connectivity index (χ0) is 13.2. The van der Waals surface area contributed by atoms with Crippen molar-refractivity contribution in [3.8, 4) is 5.75 Å². The standard InChI is InChI=1S/C13H18N2O3/c1-2-17-13(16)7-4-8-18-12-6-3-5-11(9-12)10-15-14/h3,5-6,9-10H,2,4,7-8,14H2,1H3. The summed E-state index contributed by atoms with van der Waals surface area (Å²) in [5, 5.41) is 3.45. The van der Waals surface area contributed by atoms with Crippen molar-refractivity contribution in [1.29, 1.82) is 0 Å². The molecule has 0 aliphatic heterocycles. The third-order valence-corrected chi connectivity index (χ3v) is 2.18. The van der Waals surface area contributed by atoms with Gasteiger partial charge in [0.05, 0.1) is 19.4 Å². The molecule has 0 saturated heterocycles. The van der Waals surface area contributed by atoms with Crippen molar-refractivity contribution in [2.24, 2.45) is 10.9 Å². The molecular formula is C13H18N2O3. The molecule has 0 aromatic heterocycles. The van der Waals surface area contributed by atoms with Gasteiger partial charge in [-0.05, 0) is 31.0 Å². The quantitative estimate of drug-likeness (QED) is 0.263. The first-order chi connectivity index (χ1) is 8.76. The minimum atomic E-state index is -0.190. The molecule has 0 atom stereocenters. The second kappa shape index (κ2) is 8.11. The van der Waals surface area contributed by atoms with Crippen LogP contribution in [0.3, 0.4) is 0 Å². The van der Waals surface area contributed by atoms with Crippen LogP contribution in [0.15, 0.2) is 29.4 Å². The lowest BCUT2D eigenvalue weighted by Crippen LogP contribution is -2.06. The summed E-state index contributed by atoms with van der Waals surface area (Å²) < 4.78 is 10.3. The summed E-state index contributed by atoms with van der Waals surface area (Å²) in [6.45, 7) is 2.68. The Morgan fingerprint density at radius 3 is 3.06 bits per heavy atom. The van der Waals surface area contributed by atoms with Crippen molar-refractivity contribution in [3.05, 3.63) is 29.8 Å². The van der Waals surface area contributed by atoms with E-state index in [0.29, 0.717) is 26.1 Å². The minimum absolute atomic E-state index is 0.190. The number of carbonyl (C=O) groups is 1. The molecule has 0 fully saturated rings. The Morgan fingerprint density at radius 1 is 1.50 bits per heavy atom. The first-order valence-electron chi connectivity index (χ1n) is 5.88. The van der Waals surface area contributed by atoms with Crippen molar-refractivity contribution in [2.75, 3.05) is 13.2 Å². The highest BCUT2D eigenvalue weighted by Gasteiger charge is 2.01. The Labute approximate surface area is 107 Å². The number of ether oxygens (including phenoxy) is 2. The number of benzene rings is 1. The topological polar surface area (TPSA) is 73.9 Å². The van der Waals surface area contributed by atoms with Gasteiger partial charge in [-0.2, -0.15) is 5.10 Å². The Kier molecular flexibility index (Phi) is 6.32. The third kappa shape index (κ3) is 5.34. The summed E-state index contributed by atoms with van der Waals surface area (Å²) in [4.78, 5) is 11.1. The summed E-state index contributed by atoms with van der Waals surface area (Å²) in [5.74, 6) is 5.61. The number of hydrogen-bond acceptors (Lipinski definition) is 5. The van der Waals surface area contributed by atoms with Gasteiger partial charge in [0, 0.05) is 6.42 Å². The summed E-state index contributed by atoms with van der Waals surface area (Å²) in [6, 6.07) is 7.42. The normalized spacial score (nSPS) is 10.5. The molecule has 1 aromatic rings. The second-order valence-corrected chi connectivity index (χ2v) is 3.61. The number of carbonyl (C=O) groups excluding carboxylic acids is 1. The van der Waals surface area contributed by atoms with Gasteiger partial charge in [0.2, 0.25) is 0 Å². The van der Waals surface area contributed by atoms with E-state index in [0.717, 1.165) is 11.3 Å². The molecule has 0 saturated carbocycles. The molecule has 0 aliphatic carbocycles. The largest absolute Gasteiger partial charge is 0.494 e. The van der Waals surface area contributed by atoms with Crippen molar-refractivity contribution >= 4 is 12.2 Å². The van der Waals surface area contributed by atoms with Crippen LogP contribution in [-0.2, 0) is 9.53 Å². The smallest absolute Gasteiger partial charge is 0.305 e. The fourth-order valence-electron chi connectivity index (χ4n) is 1.41. The van der Waals surface area contributed by atoms with Gasteiger partial charge in [-0.15, -0.1) is 0 Å². The Bertz CT molecular complexity index is 405. The average Bonchev–Trinajstić information content (AvgIpc) is 2.36. The number of hydrazone groups is 1. The van der Waals surface area contributed by atoms with E-state index < -0.39 is 0 Å². The average molecular weight is 250 g/mol. The van der Waals surface area contributed by atoms with E-state index in [9.17, 15) is 4.79 Å². The van der Waals surface area contributed by atoms with Crippen LogP contribution >= 0.6 is 0 Å². The summed E-state index contributed by atoms with van der Waals surface area (Å²) >= 11 is 0. The highest BCUT2D eigenvalue weighted by atomic mass is 16.5. The van der Waals surface area contributed by atoms with Crippen LogP contribution in [0.1, 0.15) is 25.3 Å². The molecule has 0 amide bonds. The molecule has 1 aromatic carbocycles. The maximum absolute atomic E-state index is 11.1. The lowest BCUT2D eigenvalue weighted by Gasteiger charge is -2.06. The number of nitrogens with two attached hydrogens (primary N) is 1. The molecule has 5 heteroatoms. The maximum Gasteiger partial charge on any atom is 0.305 e. The fourth-order valence-corrected chi connectivity index (χ4v) is 1.41. The molecule has 1 rings (SSSR count). The third-order valence-electron chi connectivity index (χ3n) is 2.18. The number of esters is 1. The number of hydrogen-bond donors (Lipinski definition) is 1. The highest BCUT2D eigenvalue weighted by Crippen LogP contribution is 2.12.